The predicted molar refractivity (Wildman–Crippen MR) is 50.6 cm³/mol. The summed E-state index contributed by atoms with van der Waals surface area (Å²) in [6, 6.07) is 2.96. The van der Waals surface area contributed by atoms with Gasteiger partial charge in [0.25, 0.3) is 0 Å². The van der Waals surface area contributed by atoms with Gasteiger partial charge in [-0.05, 0) is 0 Å². The summed E-state index contributed by atoms with van der Waals surface area (Å²) in [6.07, 6.45) is 0. The zero-order valence-electron chi connectivity index (χ0n) is 8.58. The smallest absolute Gasteiger partial charge is 0.327 e. The summed E-state index contributed by atoms with van der Waals surface area (Å²) in [5, 5.41) is 28.9. The topological polar surface area (TPSA) is 98.1 Å². The van der Waals surface area contributed by atoms with E-state index in [4.69, 9.17) is 9.47 Å². The van der Waals surface area contributed by atoms with Crippen LogP contribution >= 0.6 is 0 Å². The Hall–Kier alpha value is -2.38. The van der Waals surface area contributed by atoms with Crippen molar-refractivity contribution in [1.29, 1.82) is 0 Å². The molecule has 1 aromatic carbocycles. The van der Waals surface area contributed by atoms with E-state index in [1.165, 1.54) is 26.4 Å². The van der Waals surface area contributed by atoms with Crippen LogP contribution in [-0.4, -0.2) is 24.5 Å². The van der Waals surface area contributed by atoms with Crippen LogP contribution in [0.3, 0.4) is 0 Å². The van der Waals surface area contributed by atoms with Gasteiger partial charge in [0.05, 0.1) is 19.3 Å². The summed E-state index contributed by atoms with van der Waals surface area (Å²) < 4.78 is 9.98. The molecule has 0 saturated heterocycles. The van der Waals surface area contributed by atoms with E-state index in [1.54, 1.807) is 0 Å². The van der Waals surface area contributed by atoms with Crippen LogP contribution in [0.2, 0.25) is 0 Å². The molecular weight excluding hydrogens is 216 g/mol. The lowest BCUT2D eigenvalue weighted by Crippen LogP contribution is -2.50. The first-order valence-corrected chi connectivity index (χ1v) is 4.29. The summed E-state index contributed by atoms with van der Waals surface area (Å²) in [4.78, 5) is 0.0990. The van der Waals surface area contributed by atoms with Gasteiger partial charge in [0.1, 0.15) is 10.7 Å². The molecule has 0 saturated carbocycles. The van der Waals surface area contributed by atoms with Crippen molar-refractivity contribution in [2.24, 2.45) is 0 Å². The third-order valence-electron chi connectivity index (χ3n) is 2.03. The van der Waals surface area contributed by atoms with Gasteiger partial charge in [-0.15, -0.1) is 0 Å². The highest BCUT2D eigenvalue weighted by Gasteiger charge is 2.20. The Labute approximate surface area is 89.8 Å². The van der Waals surface area contributed by atoms with Gasteiger partial charge in [0.15, 0.2) is 0 Å². The molecule has 2 rings (SSSR count). The number of rotatable bonds is 2. The van der Waals surface area contributed by atoms with Gasteiger partial charge >= 0.3 is 10.7 Å². The number of hydrogen-bond donors (Lipinski definition) is 0. The molecule has 0 aliphatic heterocycles. The zero-order chi connectivity index (χ0) is 11.7. The lowest BCUT2D eigenvalue weighted by Gasteiger charge is -2.04. The van der Waals surface area contributed by atoms with E-state index in [0.717, 1.165) is 0 Å². The van der Waals surface area contributed by atoms with E-state index < -0.39 is 0 Å². The number of fused-ring (bicyclic) bond motifs is 1. The van der Waals surface area contributed by atoms with Crippen molar-refractivity contribution < 1.29 is 19.3 Å². The first-order valence-electron chi connectivity index (χ1n) is 4.29. The second-order valence-electron chi connectivity index (χ2n) is 2.91. The number of methoxy groups -OCH3 is 2. The first kappa shape index (κ1) is 10.1. The first-order chi connectivity index (χ1) is 7.65. The molecule has 0 bridgehead atoms. The van der Waals surface area contributed by atoms with Crippen LogP contribution < -0.4 is 19.3 Å². The molecule has 84 valence electrons. The normalized spacial score (nSPS) is 10.4. The van der Waals surface area contributed by atoms with Crippen LogP contribution in [0.4, 0.5) is 0 Å². The van der Waals surface area contributed by atoms with Gasteiger partial charge in [-0.25, -0.2) is 0 Å². The molecule has 8 heteroatoms. The largest absolute Gasteiger partial charge is 0.590 e. The highest BCUT2D eigenvalue weighted by molar-refractivity contribution is 5.79. The molecule has 0 atom stereocenters. The molecular formula is C8H8N4O4. The number of hydrogen-bond acceptors (Lipinski definition) is 6. The van der Waals surface area contributed by atoms with Crippen LogP contribution in [0.5, 0.6) is 11.5 Å². The molecule has 1 aromatic heterocycles. The average molecular weight is 224 g/mol. The van der Waals surface area contributed by atoms with E-state index in [9.17, 15) is 10.4 Å². The molecule has 0 spiro atoms. The molecule has 2 aromatic rings. The molecule has 0 radical (unpaired) electrons. The summed E-state index contributed by atoms with van der Waals surface area (Å²) in [6.45, 7) is 0. The maximum Gasteiger partial charge on any atom is 0.327 e. The number of aromatic nitrogens is 4. The molecule has 0 amide bonds. The van der Waals surface area contributed by atoms with Crippen molar-refractivity contribution in [2.45, 2.75) is 0 Å². The maximum atomic E-state index is 11.4. The number of ether oxygens (including phenoxy) is 2. The Morgan fingerprint density at radius 1 is 1.19 bits per heavy atom. The molecule has 0 unspecified atom stereocenters. The summed E-state index contributed by atoms with van der Waals surface area (Å²) in [7, 11) is 2.85. The average Bonchev–Trinajstić information content (AvgIpc) is 2.26. The highest BCUT2D eigenvalue weighted by atomic mass is 16.6. The molecule has 16 heavy (non-hydrogen) atoms. The Kier molecular flexibility index (Phi) is 2.31. The van der Waals surface area contributed by atoms with Crippen molar-refractivity contribution in [3.05, 3.63) is 22.5 Å². The highest BCUT2D eigenvalue weighted by Crippen LogP contribution is 2.26. The molecule has 8 nitrogen and oxygen atoms in total. The zero-order valence-corrected chi connectivity index (χ0v) is 8.58. The Bertz CT molecular complexity index is 545. The molecule has 0 aliphatic rings. The van der Waals surface area contributed by atoms with Crippen LogP contribution in [0.25, 0.3) is 11.0 Å². The quantitative estimate of drug-likeness (QED) is 0.475. The number of benzene rings is 1. The monoisotopic (exact) mass is 224 g/mol. The Morgan fingerprint density at radius 3 is 2.56 bits per heavy atom. The van der Waals surface area contributed by atoms with Gasteiger partial charge in [0.2, 0.25) is 11.3 Å². The van der Waals surface area contributed by atoms with E-state index in [0.29, 0.717) is 5.75 Å². The maximum absolute atomic E-state index is 11.4. The Balaban J connectivity index is 2.83. The van der Waals surface area contributed by atoms with Gasteiger partial charge in [0, 0.05) is 17.0 Å². The molecule has 0 N–H and O–H groups in total. The van der Waals surface area contributed by atoms with Crippen molar-refractivity contribution in [3.63, 3.8) is 0 Å². The van der Waals surface area contributed by atoms with Crippen molar-refractivity contribution >= 4 is 11.0 Å². The van der Waals surface area contributed by atoms with Crippen molar-refractivity contribution in [1.82, 2.24) is 10.3 Å². The third-order valence-corrected chi connectivity index (χ3v) is 2.03. The van der Waals surface area contributed by atoms with Crippen molar-refractivity contribution in [2.75, 3.05) is 14.2 Å². The lowest BCUT2D eigenvalue weighted by molar-refractivity contribution is -0.863. The Morgan fingerprint density at radius 2 is 1.94 bits per heavy atom. The second-order valence-corrected chi connectivity index (χ2v) is 2.91. The molecule has 0 fully saturated rings. The fourth-order valence-electron chi connectivity index (χ4n) is 1.34. The van der Waals surface area contributed by atoms with Crippen LogP contribution in [-0.2, 0) is 0 Å². The summed E-state index contributed by atoms with van der Waals surface area (Å²) in [5.41, 5.74) is 0.228. The van der Waals surface area contributed by atoms with Crippen molar-refractivity contribution in [3.8, 4) is 11.5 Å². The van der Waals surface area contributed by atoms with Gasteiger partial charge < -0.3 is 19.9 Å². The standard InChI is InChI=1S/C8H8N4O4/c1-15-5-3-6-8(7(4-5)16-2)11(13)10-12(14)9-6/h3-4H,1-2H3. The van der Waals surface area contributed by atoms with E-state index in [-0.39, 0.29) is 26.6 Å². The SMILES string of the molecule is COc1cc(OC)c2c(c1)n[n+]([O-])n[n+]2[O-]. The van der Waals surface area contributed by atoms with Crippen LogP contribution in [0.1, 0.15) is 0 Å². The van der Waals surface area contributed by atoms with E-state index in [1.807, 2.05) is 0 Å². The van der Waals surface area contributed by atoms with E-state index >= 15 is 0 Å². The van der Waals surface area contributed by atoms with Gasteiger partial charge in [-0.3, -0.25) is 0 Å². The minimum absolute atomic E-state index is 0.0613. The van der Waals surface area contributed by atoms with E-state index in [2.05, 4.69) is 10.3 Å². The second kappa shape index (κ2) is 3.65. The summed E-state index contributed by atoms with van der Waals surface area (Å²) in [5.74, 6) is 0.674. The van der Waals surface area contributed by atoms with Crippen LogP contribution in [0, 0.1) is 10.4 Å². The fourth-order valence-corrected chi connectivity index (χ4v) is 1.34. The number of nitrogens with zero attached hydrogens (tertiary/aromatic N) is 4. The molecule has 0 aliphatic carbocycles. The predicted octanol–water partition coefficient (Wildman–Crippen LogP) is -1.09. The summed E-state index contributed by atoms with van der Waals surface area (Å²) >= 11 is 0. The van der Waals surface area contributed by atoms with Crippen LogP contribution in [0.15, 0.2) is 12.1 Å². The minimum Gasteiger partial charge on any atom is -0.590 e. The minimum atomic E-state index is -0.0613. The lowest BCUT2D eigenvalue weighted by atomic mass is 10.2. The fraction of sp³-hybridized carbons (Fsp3) is 0.250. The van der Waals surface area contributed by atoms with Gasteiger partial charge in [-0.2, -0.15) is 0 Å². The third kappa shape index (κ3) is 1.49. The molecule has 1 heterocycles. The van der Waals surface area contributed by atoms with Gasteiger partial charge in [-0.1, -0.05) is 0 Å².